The number of para-hydroxylation sites is 4. The van der Waals surface area contributed by atoms with E-state index in [0.717, 1.165) is 28.4 Å². The van der Waals surface area contributed by atoms with Gasteiger partial charge in [-0.1, -0.05) is 322 Å². The quantitative estimate of drug-likeness (QED) is 0.116. The molecular weight excluding hydrogens is 1520 g/mol. The predicted molar refractivity (Wildman–Crippen MR) is 530 cm³/mol. The van der Waals surface area contributed by atoms with Crippen molar-refractivity contribution in [3.63, 3.8) is 0 Å². The third kappa shape index (κ3) is 11.9. The lowest BCUT2D eigenvalue weighted by molar-refractivity contribution is 1.01. The fraction of sp³-hybridized carbons (Fsp3) is 0.00826. The first kappa shape index (κ1) is 72.2. The minimum Gasteiger partial charge on any atom is -0.309 e. The summed E-state index contributed by atoms with van der Waals surface area (Å²) < 4.78 is 12.2. The van der Waals surface area contributed by atoms with Crippen molar-refractivity contribution in [1.29, 1.82) is 0 Å². The molecule has 26 rings (SSSR count). The van der Waals surface area contributed by atoms with E-state index < -0.39 is 0 Å². The van der Waals surface area contributed by atoms with Crippen LogP contribution >= 0.6 is 0 Å². The van der Waals surface area contributed by atoms with E-state index in [1.54, 1.807) is 0 Å². The van der Waals surface area contributed by atoms with E-state index in [-0.39, 0.29) is 5.92 Å². The molecule has 5 heteroatoms. The zero-order chi connectivity index (χ0) is 82.9. The number of benzene rings is 20. The van der Waals surface area contributed by atoms with Gasteiger partial charge < -0.3 is 22.8 Å². The van der Waals surface area contributed by atoms with Crippen LogP contribution in [-0.2, 0) is 0 Å². The lowest BCUT2D eigenvalue weighted by Gasteiger charge is -2.15. The Morgan fingerprint density at radius 3 is 0.730 bits per heavy atom. The Bertz CT molecular complexity index is 8550. The molecule has 0 amide bonds. The molecule has 0 aliphatic heterocycles. The van der Waals surface area contributed by atoms with Gasteiger partial charge in [-0.2, -0.15) is 0 Å². The molecule has 126 heavy (non-hydrogen) atoms. The molecule has 1 aliphatic rings. The second-order valence-electron chi connectivity index (χ2n) is 33.4. The smallest absolute Gasteiger partial charge is 0.0548 e. The second kappa shape index (κ2) is 29.6. The molecule has 0 fully saturated rings. The van der Waals surface area contributed by atoms with Crippen molar-refractivity contribution in [2.75, 3.05) is 0 Å². The SMILES string of the molecule is c1ccc(-c2ccc(-n3c4ccccc4c4cc(-c5ccc6c(c5)c5cc7c(cc5n6-c5ccc(-c6ccccc6)cc5)C(c5ccccc5)c5ccccc5-7)ccc43)cc2)cc1.c1ccc(-c2ccc(-n3c4ccccc4c4cc(-c5ccc6c(c5)c5cc7c(cc5n6-c5ccc(-c6ccccc6)cc5)c5ccccc5n7-c5ccccc5)ccc43)cc2)cc1. The molecule has 588 valence electrons. The van der Waals surface area contributed by atoms with Gasteiger partial charge in [-0.3, -0.25) is 0 Å². The molecule has 0 bridgehead atoms. The molecule has 0 radical (unpaired) electrons. The molecule has 5 heterocycles. The third-order valence-corrected chi connectivity index (χ3v) is 26.5. The summed E-state index contributed by atoms with van der Waals surface area (Å²) in [5.74, 6) is 0.167. The van der Waals surface area contributed by atoms with Gasteiger partial charge in [0.15, 0.2) is 0 Å². The van der Waals surface area contributed by atoms with Crippen molar-refractivity contribution >= 4 is 109 Å². The Balaban J connectivity index is 0.000000137. The zero-order valence-electron chi connectivity index (χ0n) is 68.8. The highest BCUT2D eigenvalue weighted by molar-refractivity contribution is 6.21. The number of aromatic nitrogens is 5. The molecule has 5 aromatic heterocycles. The summed E-state index contributed by atoms with van der Waals surface area (Å²) in [4.78, 5) is 0. The van der Waals surface area contributed by atoms with Crippen LogP contribution < -0.4 is 0 Å². The van der Waals surface area contributed by atoms with E-state index >= 15 is 0 Å². The summed E-state index contributed by atoms with van der Waals surface area (Å²) in [6, 6.07) is 174. The lowest BCUT2D eigenvalue weighted by atomic mass is 9.89. The normalized spacial score (nSPS) is 12.5. The summed E-state index contributed by atoms with van der Waals surface area (Å²) >= 11 is 0. The van der Waals surface area contributed by atoms with Gasteiger partial charge in [-0.05, 0) is 246 Å². The second-order valence-corrected chi connectivity index (χ2v) is 33.4. The summed E-state index contributed by atoms with van der Waals surface area (Å²) in [5, 5.41) is 12.4. The molecule has 25 aromatic rings. The first-order chi connectivity index (χ1) is 62.5. The Labute approximate surface area is 729 Å². The first-order valence-corrected chi connectivity index (χ1v) is 43.5. The van der Waals surface area contributed by atoms with Gasteiger partial charge in [0.25, 0.3) is 0 Å². The minimum absolute atomic E-state index is 0.167. The van der Waals surface area contributed by atoms with Gasteiger partial charge >= 0.3 is 0 Å². The molecule has 1 atom stereocenters. The van der Waals surface area contributed by atoms with Crippen LogP contribution in [-0.4, -0.2) is 22.8 Å². The van der Waals surface area contributed by atoms with Crippen molar-refractivity contribution in [1.82, 2.24) is 22.8 Å². The summed E-state index contributed by atoms with van der Waals surface area (Å²) in [7, 11) is 0. The molecule has 0 saturated carbocycles. The fourth-order valence-electron chi connectivity index (χ4n) is 20.6. The average molecular weight is 1600 g/mol. The predicted octanol–water partition coefficient (Wildman–Crippen LogP) is 32.0. The van der Waals surface area contributed by atoms with Crippen molar-refractivity contribution in [2.45, 2.75) is 5.92 Å². The topological polar surface area (TPSA) is 24.6 Å². The van der Waals surface area contributed by atoms with Crippen LogP contribution in [0.5, 0.6) is 0 Å². The van der Waals surface area contributed by atoms with E-state index in [9.17, 15) is 0 Å². The van der Waals surface area contributed by atoms with E-state index in [2.05, 4.69) is 496 Å². The van der Waals surface area contributed by atoms with Crippen LogP contribution in [0.25, 0.3) is 215 Å². The summed E-state index contributed by atoms with van der Waals surface area (Å²) in [6.07, 6.45) is 0. The van der Waals surface area contributed by atoms with Crippen LogP contribution in [0, 0.1) is 0 Å². The minimum atomic E-state index is 0.167. The van der Waals surface area contributed by atoms with Gasteiger partial charge in [-0.15, -0.1) is 0 Å². The number of rotatable bonds is 12. The van der Waals surface area contributed by atoms with E-state index in [0.29, 0.717) is 0 Å². The Hall–Kier alpha value is -16.6. The highest BCUT2D eigenvalue weighted by atomic mass is 15.0. The number of nitrogens with zero attached hydrogens (tertiary/aromatic N) is 5. The Morgan fingerprint density at radius 1 is 0.127 bits per heavy atom. The first-order valence-electron chi connectivity index (χ1n) is 43.5. The lowest BCUT2D eigenvalue weighted by Crippen LogP contribution is -2.00. The van der Waals surface area contributed by atoms with Crippen molar-refractivity contribution in [2.24, 2.45) is 0 Å². The van der Waals surface area contributed by atoms with Crippen LogP contribution in [0.1, 0.15) is 22.6 Å². The van der Waals surface area contributed by atoms with Gasteiger partial charge in [0.05, 0.1) is 55.2 Å². The zero-order valence-corrected chi connectivity index (χ0v) is 68.8. The summed E-state index contributed by atoms with van der Waals surface area (Å²) in [5.41, 5.74) is 39.0. The number of fused-ring (bicyclic) bond motifs is 18. The van der Waals surface area contributed by atoms with Crippen LogP contribution in [0.4, 0.5) is 0 Å². The highest BCUT2D eigenvalue weighted by Gasteiger charge is 2.32. The molecule has 20 aromatic carbocycles. The van der Waals surface area contributed by atoms with Gasteiger partial charge in [-0.25, -0.2) is 0 Å². The summed E-state index contributed by atoms with van der Waals surface area (Å²) in [6.45, 7) is 0. The van der Waals surface area contributed by atoms with Crippen LogP contribution in [0.15, 0.2) is 473 Å². The van der Waals surface area contributed by atoms with E-state index in [1.807, 2.05) is 0 Å². The maximum atomic E-state index is 2.49. The maximum Gasteiger partial charge on any atom is 0.0548 e. The van der Waals surface area contributed by atoms with Crippen molar-refractivity contribution < 1.29 is 0 Å². The Kier molecular flexibility index (Phi) is 17.0. The van der Waals surface area contributed by atoms with Crippen LogP contribution in [0.2, 0.25) is 0 Å². The number of hydrogen-bond acceptors (Lipinski definition) is 0. The molecular formula is C121H79N5. The average Bonchev–Trinajstić information content (AvgIpc) is 1.55. The van der Waals surface area contributed by atoms with Gasteiger partial charge in [0, 0.05) is 88.2 Å². The van der Waals surface area contributed by atoms with Gasteiger partial charge in [0.1, 0.15) is 0 Å². The molecule has 0 N–H and O–H groups in total. The molecule has 1 unspecified atom stereocenters. The standard InChI is InChI=1S/C61H40N2.C60H39N3/c1-4-14-40(15-5-1)42-24-30-47(31-25-42)62-57-23-13-12-21-50(57)53-36-45(28-34-58(53)62)46-29-35-59-54(37-46)55-38-52-49-20-10-11-22-51(49)61(44-18-8-3-9-19-44)56(52)39-60(55)63(59)48-32-26-43(27-33-48)41-16-6-2-7-17-41;1-4-14-40(15-5-1)42-24-30-47(31-25-42)61-55-22-12-10-20-49(55)51-36-44(28-34-57(51)61)45-29-35-58-52(37-45)54-39-59-53(50-21-11-13-23-56(50)62(59)46-18-8-3-9-19-46)38-60(54)63(58)48-32-26-43(27-33-48)41-16-6-2-7-17-41/h1-39,61H;1-39H. The molecule has 1 aliphatic carbocycles. The van der Waals surface area contributed by atoms with Gasteiger partial charge in [0.2, 0.25) is 0 Å². The Morgan fingerprint density at radius 2 is 0.365 bits per heavy atom. The highest BCUT2D eigenvalue weighted by Crippen LogP contribution is 2.52. The van der Waals surface area contributed by atoms with Crippen molar-refractivity contribution in [3.8, 4) is 106 Å². The number of hydrogen-bond donors (Lipinski definition) is 0. The molecule has 5 nitrogen and oxygen atoms in total. The van der Waals surface area contributed by atoms with E-state index in [1.165, 1.54) is 204 Å². The monoisotopic (exact) mass is 1600 g/mol. The third-order valence-electron chi connectivity index (χ3n) is 26.5. The fourth-order valence-corrected chi connectivity index (χ4v) is 20.6. The molecule has 0 saturated heterocycles. The largest absolute Gasteiger partial charge is 0.309 e. The van der Waals surface area contributed by atoms with E-state index in [4.69, 9.17) is 0 Å². The maximum absolute atomic E-state index is 2.49. The van der Waals surface area contributed by atoms with Crippen molar-refractivity contribution in [3.05, 3.63) is 490 Å². The van der Waals surface area contributed by atoms with Crippen LogP contribution in [0.3, 0.4) is 0 Å². The molecule has 0 spiro atoms.